The van der Waals surface area contributed by atoms with Crippen LogP contribution in [0.3, 0.4) is 0 Å². The van der Waals surface area contributed by atoms with Crippen LogP contribution >= 0.6 is 34.5 Å². The molecule has 3 N–H and O–H groups in total. The molecule has 0 unspecified atom stereocenters. The minimum atomic E-state index is -0.764. The van der Waals surface area contributed by atoms with Crippen LogP contribution in [0.4, 0.5) is 0 Å². The number of hydrogen-bond acceptors (Lipinski definition) is 7. The van der Waals surface area contributed by atoms with Crippen molar-refractivity contribution >= 4 is 40.4 Å². The van der Waals surface area contributed by atoms with Crippen molar-refractivity contribution in [2.75, 3.05) is 0 Å². The zero-order chi connectivity index (χ0) is 23.5. The number of aromatic hydroxyl groups is 1. The maximum Gasteiger partial charge on any atom is 0.349 e. The normalized spacial score (nSPS) is 10.7. The van der Waals surface area contributed by atoms with Gasteiger partial charge in [0.05, 0.1) is 27.8 Å². The summed E-state index contributed by atoms with van der Waals surface area (Å²) in [6.45, 7) is 0.318. The molecule has 4 rings (SSSR count). The summed E-state index contributed by atoms with van der Waals surface area (Å²) in [5.41, 5.74) is -1.19. The smallest absolute Gasteiger partial charge is 0.349 e. The standard InChI is InChI=1S/C21H14Cl2N4O5S/c22-15-6-11(27-21(31)26-18(29)10-25-27)7-16(23)19(15)32-12-3-4-17(28)14(8-12)20(30)24-9-13-2-1-5-33-13/h1-8,10,28H,9H2,(H,24,30)(H,26,29,31). The second kappa shape index (κ2) is 9.49. The maximum atomic E-state index is 12.5. The fraction of sp³-hybridized carbons (Fsp3) is 0.0476. The van der Waals surface area contributed by atoms with Gasteiger partial charge in [-0.15, -0.1) is 11.3 Å². The number of thiophene rings is 1. The Bertz CT molecular complexity index is 1430. The first-order valence-corrected chi connectivity index (χ1v) is 10.9. The molecule has 0 aliphatic heterocycles. The number of aromatic amines is 1. The van der Waals surface area contributed by atoms with E-state index in [-0.39, 0.29) is 38.5 Å². The Morgan fingerprint density at radius 3 is 2.61 bits per heavy atom. The third-order valence-corrected chi connectivity index (χ3v) is 5.81. The van der Waals surface area contributed by atoms with Gasteiger partial charge in [-0.2, -0.15) is 9.78 Å². The van der Waals surface area contributed by atoms with Crippen LogP contribution in [-0.4, -0.2) is 25.8 Å². The highest BCUT2D eigenvalue weighted by Crippen LogP contribution is 2.38. The van der Waals surface area contributed by atoms with E-state index in [2.05, 4.69) is 15.4 Å². The summed E-state index contributed by atoms with van der Waals surface area (Å²) in [4.78, 5) is 38.7. The monoisotopic (exact) mass is 504 g/mol. The summed E-state index contributed by atoms with van der Waals surface area (Å²) in [5, 5.41) is 18.6. The van der Waals surface area contributed by atoms with E-state index in [9.17, 15) is 19.5 Å². The Morgan fingerprint density at radius 2 is 1.94 bits per heavy atom. The van der Waals surface area contributed by atoms with E-state index in [1.165, 1.54) is 41.7 Å². The molecule has 0 saturated heterocycles. The zero-order valence-electron chi connectivity index (χ0n) is 16.5. The van der Waals surface area contributed by atoms with E-state index < -0.39 is 17.2 Å². The summed E-state index contributed by atoms with van der Waals surface area (Å²) in [6, 6.07) is 10.6. The summed E-state index contributed by atoms with van der Waals surface area (Å²) in [5.74, 6) is -0.440. The van der Waals surface area contributed by atoms with E-state index in [0.29, 0.717) is 6.54 Å². The van der Waals surface area contributed by atoms with Crippen molar-refractivity contribution in [3.63, 3.8) is 0 Å². The number of halogens is 2. The van der Waals surface area contributed by atoms with E-state index in [4.69, 9.17) is 27.9 Å². The zero-order valence-corrected chi connectivity index (χ0v) is 18.9. The Hall–Kier alpha value is -3.60. The Kier molecular flexibility index (Phi) is 6.50. The third-order valence-electron chi connectivity index (χ3n) is 4.38. The number of phenols is 1. The summed E-state index contributed by atoms with van der Waals surface area (Å²) < 4.78 is 6.67. The molecule has 9 nitrogen and oxygen atoms in total. The Morgan fingerprint density at radius 1 is 1.18 bits per heavy atom. The number of nitrogens with zero attached hydrogens (tertiary/aromatic N) is 2. The van der Waals surface area contributed by atoms with E-state index in [1.54, 1.807) is 0 Å². The number of phenolic OH excluding ortho intramolecular Hbond substituents is 1. The van der Waals surface area contributed by atoms with Gasteiger partial charge in [-0.25, -0.2) is 4.79 Å². The quantitative estimate of drug-likeness (QED) is 0.367. The third kappa shape index (κ3) is 5.08. The van der Waals surface area contributed by atoms with E-state index in [0.717, 1.165) is 15.8 Å². The molecule has 0 spiro atoms. The number of ether oxygens (including phenoxy) is 1. The van der Waals surface area contributed by atoms with Crippen molar-refractivity contribution in [1.29, 1.82) is 0 Å². The Balaban J connectivity index is 1.58. The molecule has 0 bridgehead atoms. The molecule has 0 aliphatic carbocycles. The molecule has 2 aromatic carbocycles. The topological polar surface area (TPSA) is 126 Å². The molecule has 0 saturated carbocycles. The lowest BCUT2D eigenvalue weighted by molar-refractivity contribution is 0.0948. The number of aromatic nitrogens is 3. The number of rotatable bonds is 6. The summed E-state index contributed by atoms with van der Waals surface area (Å²) in [7, 11) is 0. The molecule has 12 heteroatoms. The first-order valence-electron chi connectivity index (χ1n) is 9.31. The van der Waals surface area contributed by atoms with Crippen LogP contribution in [0.15, 0.2) is 63.6 Å². The van der Waals surface area contributed by atoms with Crippen molar-refractivity contribution in [3.8, 4) is 22.9 Å². The van der Waals surface area contributed by atoms with Crippen LogP contribution in [0, 0.1) is 0 Å². The van der Waals surface area contributed by atoms with Gasteiger partial charge in [-0.05, 0) is 41.8 Å². The van der Waals surface area contributed by atoms with Gasteiger partial charge in [-0.3, -0.25) is 14.6 Å². The Labute approximate surface area is 199 Å². The van der Waals surface area contributed by atoms with Crippen LogP contribution in [0.25, 0.3) is 5.69 Å². The van der Waals surface area contributed by atoms with Crippen LogP contribution < -0.4 is 21.3 Å². The molecule has 2 aromatic heterocycles. The van der Waals surface area contributed by atoms with Crippen molar-refractivity contribution < 1.29 is 14.6 Å². The first-order chi connectivity index (χ1) is 15.8. The van der Waals surface area contributed by atoms with E-state index >= 15 is 0 Å². The molecule has 0 fully saturated rings. The molecule has 2 heterocycles. The number of H-pyrrole nitrogens is 1. The SMILES string of the molecule is O=C(NCc1cccs1)c1cc(Oc2c(Cl)cc(-n3ncc(=O)[nH]c3=O)cc2Cl)ccc1O. The van der Waals surface area contributed by atoms with Crippen LogP contribution in [0.1, 0.15) is 15.2 Å². The summed E-state index contributed by atoms with van der Waals surface area (Å²) >= 11 is 14.1. The van der Waals surface area contributed by atoms with Crippen LogP contribution in [0.5, 0.6) is 17.2 Å². The molecule has 168 valence electrons. The van der Waals surface area contributed by atoms with Gasteiger partial charge in [0.25, 0.3) is 11.5 Å². The predicted molar refractivity (Wildman–Crippen MR) is 124 cm³/mol. The van der Waals surface area contributed by atoms with Gasteiger partial charge in [0.1, 0.15) is 17.7 Å². The second-order valence-corrected chi connectivity index (χ2v) is 8.48. The number of benzene rings is 2. The average molecular weight is 505 g/mol. The van der Waals surface area contributed by atoms with E-state index in [1.807, 2.05) is 17.5 Å². The molecule has 1 amide bonds. The van der Waals surface area contributed by atoms with Crippen LogP contribution in [0.2, 0.25) is 10.0 Å². The number of carbonyl (C=O) groups is 1. The fourth-order valence-corrected chi connectivity index (χ4v) is 4.05. The highest BCUT2D eigenvalue weighted by Gasteiger charge is 2.17. The second-order valence-electron chi connectivity index (χ2n) is 6.63. The van der Waals surface area contributed by atoms with Gasteiger partial charge >= 0.3 is 5.69 Å². The minimum Gasteiger partial charge on any atom is -0.507 e. The highest BCUT2D eigenvalue weighted by atomic mass is 35.5. The molecule has 0 radical (unpaired) electrons. The maximum absolute atomic E-state index is 12.5. The van der Waals surface area contributed by atoms with Crippen molar-refractivity contribution in [3.05, 3.63) is 95.4 Å². The molecule has 33 heavy (non-hydrogen) atoms. The lowest BCUT2D eigenvalue weighted by Crippen LogP contribution is -2.30. The summed E-state index contributed by atoms with van der Waals surface area (Å²) in [6.07, 6.45) is 0.940. The fourth-order valence-electron chi connectivity index (χ4n) is 2.86. The number of carbonyl (C=O) groups excluding carboxylic acids is 1. The predicted octanol–water partition coefficient (Wildman–Crippen LogP) is 3.72. The van der Waals surface area contributed by atoms with Gasteiger partial charge in [0.2, 0.25) is 0 Å². The minimum absolute atomic E-state index is 0.0110. The molecular formula is C21H14Cl2N4O5S. The van der Waals surface area contributed by atoms with Gasteiger partial charge in [0, 0.05) is 4.88 Å². The average Bonchev–Trinajstić information content (AvgIpc) is 3.29. The number of amides is 1. The highest BCUT2D eigenvalue weighted by molar-refractivity contribution is 7.09. The van der Waals surface area contributed by atoms with Gasteiger partial charge in [-0.1, -0.05) is 29.3 Å². The number of hydrogen-bond donors (Lipinski definition) is 3. The van der Waals surface area contributed by atoms with Crippen molar-refractivity contribution in [2.45, 2.75) is 6.54 Å². The molecular weight excluding hydrogens is 491 g/mol. The first kappa shape index (κ1) is 22.6. The largest absolute Gasteiger partial charge is 0.507 e. The van der Waals surface area contributed by atoms with Crippen LogP contribution in [-0.2, 0) is 6.54 Å². The lowest BCUT2D eigenvalue weighted by Gasteiger charge is -2.13. The lowest BCUT2D eigenvalue weighted by atomic mass is 10.1. The van der Waals surface area contributed by atoms with Crippen molar-refractivity contribution in [1.82, 2.24) is 20.1 Å². The van der Waals surface area contributed by atoms with Crippen molar-refractivity contribution in [2.24, 2.45) is 0 Å². The number of nitrogens with one attached hydrogen (secondary N) is 2. The molecule has 4 aromatic rings. The van der Waals surface area contributed by atoms with Gasteiger partial charge < -0.3 is 15.2 Å². The van der Waals surface area contributed by atoms with Gasteiger partial charge in [0.15, 0.2) is 5.75 Å². The molecule has 0 aliphatic rings. The molecule has 0 atom stereocenters.